The molecule has 0 fully saturated rings. The number of benzene rings is 2. The molecule has 0 amide bonds. The van der Waals surface area contributed by atoms with E-state index in [4.69, 9.17) is 33.7 Å². The Hall–Kier alpha value is -1.68. The lowest BCUT2D eigenvalue weighted by Crippen LogP contribution is -2.00. The molecule has 0 atom stereocenters. The largest absolute Gasteiger partial charge is 0.493 e. The molecule has 3 rings (SSSR count). The summed E-state index contributed by atoms with van der Waals surface area (Å²) < 4.78 is 5.82. The summed E-state index contributed by atoms with van der Waals surface area (Å²) in [5, 5.41) is 2.21. The first-order valence-corrected chi connectivity index (χ1v) is 9.33. The Kier molecular flexibility index (Phi) is 5.89. The molecule has 0 aliphatic heterocycles. The molecule has 1 aromatic heterocycles. The number of rotatable bonds is 7. The highest BCUT2D eigenvalue weighted by molar-refractivity contribution is 6.45. The molecule has 1 heterocycles. The van der Waals surface area contributed by atoms with Gasteiger partial charge in [0.25, 0.3) is 0 Å². The monoisotopic (exact) mass is 376 g/mol. The van der Waals surface area contributed by atoms with Crippen LogP contribution in [0.3, 0.4) is 0 Å². The summed E-state index contributed by atoms with van der Waals surface area (Å²) in [6.45, 7) is 3.30. The lowest BCUT2D eigenvalue weighted by atomic mass is 9.99. The molecule has 132 valence electrons. The number of aromatic nitrogens is 1. The third-order valence-corrected chi connectivity index (χ3v) is 5.11. The fourth-order valence-corrected chi connectivity index (χ4v) is 3.52. The fourth-order valence-electron chi connectivity index (χ4n) is 3.15. The number of H-pyrrole nitrogens is 1. The first-order chi connectivity index (χ1) is 12.2. The summed E-state index contributed by atoms with van der Waals surface area (Å²) in [6, 6.07) is 11.9. The molecule has 3 nitrogen and oxygen atoms in total. The van der Waals surface area contributed by atoms with Gasteiger partial charge in [0, 0.05) is 10.9 Å². The van der Waals surface area contributed by atoms with Crippen LogP contribution in [0.4, 0.5) is 0 Å². The van der Waals surface area contributed by atoms with Crippen molar-refractivity contribution in [2.75, 3.05) is 13.2 Å². The average Bonchev–Trinajstić information content (AvgIpc) is 2.98. The first-order valence-electron chi connectivity index (χ1n) is 8.58. The van der Waals surface area contributed by atoms with Gasteiger partial charge in [0.1, 0.15) is 5.75 Å². The number of fused-ring (bicyclic) bond motifs is 1. The Morgan fingerprint density at radius 3 is 2.64 bits per heavy atom. The predicted octanol–water partition coefficient (Wildman–Crippen LogP) is 5.82. The van der Waals surface area contributed by atoms with E-state index in [0.29, 0.717) is 23.2 Å². The number of nitrogens with one attached hydrogen (secondary N) is 1. The predicted molar refractivity (Wildman–Crippen MR) is 107 cm³/mol. The first kappa shape index (κ1) is 18.1. The van der Waals surface area contributed by atoms with Gasteiger partial charge in [-0.15, -0.1) is 0 Å². The highest BCUT2D eigenvalue weighted by atomic mass is 35.5. The molecule has 5 heteroatoms. The molecule has 0 bridgehead atoms. The number of aryl methyl sites for hydroxylation is 1. The van der Waals surface area contributed by atoms with E-state index in [1.807, 2.05) is 37.3 Å². The number of hydrogen-bond donors (Lipinski definition) is 2. The second kappa shape index (κ2) is 8.13. The van der Waals surface area contributed by atoms with Crippen LogP contribution in [0.25, 0.3) is 22.2 Å². The third kappa shape index (κ3) is 3.64. The van der Waals surface area contributed by atoms with E-state index in [0.717, 1.165) is 47.2 Å². The van der Waals surface area contributed by atoms with Gasteiger partial charge in [-0.2, -0.15) is 0 Å². The van der Waals surface area contributed by atoms with E-state index in [-0.39, 0.29) is 0 Å². The Bertz CT molecular complexity index is 874. The summed E-state index contributed by atoms with van der Waals surface area (Å²) in [7, 11) is 0. The van der Waals surface area contributed by atoms with Crippen LogP contribution in [0.5, 0.6) is 5.75 Å². The van der Waals surface area contributed by atoms with Gasteiger partial charge in [-0.25, -0.2) is 0 Å². The van der Waals surface area contributed by atoms with Crippen molar-refractivity contribution in [1.29, 1.82) is 0 Å². The van der Waals surface area contributed by atoms with Crippen molar-refractivity contribution in [3.05, 3.63) is 52.0 Å². The summed E-state index contributed by atoms with van der Waals surface area (Å²) >= 11 is 12.7. The van der Waals surface area contributed by atoms with Crippen molar-refractivity contribution in [3.8, 4) is 17.0 Å². The van der Waals surface area contributed by atoms with Crippen LogP contribution in [0.2, 0.25) is 10.0 Å². The van der Waals surface area contributed by atoms with Gasteiger partial charge in [0.2, 0.25) is 0 Å². The lowest BCUT2D eigenvalue weighted by molar-refractivity contribution is 0.341. The van der Waals surface area contributed by atoms with E-state index >= 15 is 0 Å². The van der Waals surface area contributed by atoms with E-state index < -0.39 is 0 Å². The topological polar surface area (TPSA) is 51.0 Å². The normalized spacial score (nSPS) is 11.2. The Labute approximate surface area is 158 Å². The molecular formula is C20H22Cl2N2O. The SMILES string of the molecule is CCOc1ccccc1-c1[nH]c2c(Cl)c(Cl)ccc2c1CCCCN. The lowest BCUT2D eigenvalue weighted by Gasteiger charge is -2.11. The Morgan fingerprint density at radius 1 is 1.08 bits per heavy atom. The maximum Gasteiger partial charge on any atom is 0.128 e. The average molecular weight is 377 g/mol. The second-order valence-corrected chi connectivity index (χ2v) is 6.72. The van der Waals surface area contributed by atoms with E-state index in [1.54, 1.807) is 0 Å². The molecule has 0 aliphatic carbocycles. The van der Waals surface area contributed by atoms with Gasteiger partial charge in [0.05, 0.1) is 27.9 Å². The summed E-state index contributed by atoms with van der Waals surface area (Å²) in [5.41, 5.74) is 9.85. The molecule has 0 saturated carbocycles. The number of halogens is 2. The zero-order valence-electron chi connectivity index (χ0n) is 14.2. The van der Waals surface area contributed by atoms with Crippen molar-refractivity contribution in [2.24, 2.45) is 5.73 Å². The Morgan fingerprint density at radius 2 is 1.88 bits per heavy atom. The number of nitrogens with two attached hydrogens (primary N) is 1. The highest BCUT2D eigenvalue weighted by Crippen LogP contribution is 2.40. The van der Waals surface area contributed by atoms with Crippen LogP contribution >= 0.6 is 23.2 Å². The molecule has 25 heavy (non-hydrogen) atoms. The number of aromatic amines is 1. The quantitative estimate of drug-likeness (QED) is 0.510. The van der Waals surface area contributed by atoms with Gasteiger partial charge in [-0.05, 0) is 56.5 Å². The molecule has 0 spiro atoms. The van der Waals surface area contributed by atoms with Gasteiger partial charge in [0.15, 0.2) is 0 Å². The zero-order valence-corrected chi connectivity index (χ0v) is 15.8. The maximum atomic E-state index is 6.45. The minimum absolute atomic E-state index is 0.550. The zero-order chi connectivity index (χ0) is 17.8. The fraction of sp³-hybridized carbons (Fsp3) is 0.300. The van der Waals surface area contributed by atoms with Gasteiger partial charge in [-0.1, -0.05) is 41.4 Å². The molecule has 3 N–H and O–H groups in total. The second-order valence-electron chi connectivity index (χ2n) is 5.94. The van der Waals surface area contributed by atoms with Crippen LogP contribution in [-0.4, -0.2) is 18.1 Å². The van der Waals surface area contributed by atoms with Crippen molar-refractivity contribution in [2.45, 2.75) is 26.2 Å². The third-order valence-electron chi connectivity index (χ3n) is 4.31. The number of ether oxygens (including phenoxy) is 1. The maximum absolute atomic E-state index is 6.45. The van der Waals surface area contributed by atoms with Crippen LogP contribution in [0, 0.1) is 0 Å². The highest BCUT2D eigenvalue weighted by Gasteiger charge is 2.18. The molecule has 0 radical (unpaired) electrons. The minimum atomic E-state index is 0.550. The van der Waals surface area contributed by atoms with E-state index in [1.165, 1.54) is 5.56 Å². The van der Waals surface area contributed by atoms with Gasteiger partial charge >= 0.3 is 0 Å². The van der Waals surface area contributed by atoms with Crippen molar-refractivity contribution in [3.63, 3.8) is 0 Å². The molecule has 0 unspecified atom stereocenters. The van der Waals surface area contributed by atoms with Crippen LogP contribution in [-0.2, 0) is 6.42 Å². The summed E-state index contributed by atoms with van der Waals surface area (Å²) in [5.74, 6) is 0.860. The van der Waals surface area contributed by atoms with Gasteiger partial charge < -0.3 is 15.5 Å². The number of para-hydroxylation sites is 1. The standard InChI is InChI=1S/C20H22Cl2N2O/c1-2-25-17-9-4-3-8-15(17)19-13(7-5-6-12-23)14-10-11-16(21)18(22)20(14)24-19/h3-4,8-11,24H,2,5-7,12,23H2,1H3. The minimum Gasteiger partial charge on any atom is -0.493 e. The molecule has 0 aliphatic rings. The van der Waals surface area contributed by atoms with Crippen molar-refractivity contribution >= 4 is 34.1 Å². The molecule has 3 aromatic rings. The van der Waals surface area contributed by atoms with Gasteiger partial charge in [-0.3, -0.25) is 0 Å². The van der Waals surface area contributed by atoms with Crippen molar-refractivity contribution < 1.29 is 4.74 Å². The Balaban J connectivity index is 2.19. The number of hydrogen-bond acceptors (Lipinski definition) is 2. The molecule has 2 aromatic carbocycles. The van der Waals surface area contributed by atoms with Crippen molar-refractivity contribution in [1.82, 2.24) is 4.98 Å². The summed E-state index contributed by atoms with van der Waals surface area (Å²) in [6.07, 6.45) is 2.93. The molecule has 0 saturated heterocycles. The van der Waals surface area contributed by atoms with Crippen LogP contribution < -0.4 is 10.5 Å². The van der Waals surface area contributed by atoms with Crippen LogP contribution in [0.15, 0.2) is 36.4 Å². The van der Waals surface area contributed by atoms with Crippen LogP contribution in [0.1, 0.15) is 25.3 Å². The van der Waals surface area contributed by atoms with E-state index in [9.17, 15) is 0 Å². The smallest absolute Gasteiger partial charge is 0.128 e. The summed E-state index contributed by atoms with van der Waals surface area (Å²) in [4.78, 5) is 3.49. The number of unbranched alkanes of at least 4 members (excludes halogenated alkanes) is 1. The van der Waals surface area contributed by atoms with E-state index in [2.05, 4.69) is 11.1 Å². The molecular weight excluding hydrogens is 355 g/mol.